The number of rotatable bonds is 6. The number of sulfonamides is 1. The maximum Gasteiger partial charge on any atom is 0.282 e. The van der Waals surface area contributed by atoms with Gasteiger partial charge in [-0.15, -0.1) is 0 Å². The van der Waals surface area contributed by atoms with Crippen LogP contribution in [-0.4, -0.2) is 26.5 Å². The number of nitrogens with zero attached hydrogens (tertiary/aromatic N) is 1. The van der Waals surface area contributed by atoms with Crippen LogP contribution in [0.15, 0.2) is 93.9 Å². The predicted octanol–water partition coefficient (Wildman–Crippen LogP) is 5.75. The molecule has 0 fully saturated rings. The molecule has 35 heavy (non-hydrogen) atoms. The number of ketones is 1. The first-order valence-corrected chi connectivity index (χ1v) is 12.8. The molecule has 1 aliphatic carbocycles. The van der Waals surface area contributed by atoms with E-state index in [1.54, 1.807) is 72.8 Å². The van der Waals surface area contributed by atoms with E-state index < -0.39 is 10.0 Å². The van der Waals surface area contributed by atoms with Crippen molar-refractivity contribution in [2.75, 3.05) is 11.9 Å². The van der Waals surface area contributed by atoms with Crippen molar-refractivity contribution in [3.8, 4) is 5.75 Å². The third-order valence-corrected chi connectivity index (χ3v) is 6.96. The van der Waals surface area contributed by atoms with Crippen molar-refractivity contribution in [3.63, 3.8) is 0 Å². The highest BCUT2D eigenvalue weighted by Crippen LogP contribution is 2.27. The van der Waals surface area contributed by atoms with Gasteiger partial charge in [-0.3, -0.25) is 4.79 Å². The van der Waals surface area contributed by atoms with Crippen LogP contribution < -0.4 is 10.1 Å². The minimum absolute atomic E-state index is 0.0962. The van der Waals surface area contributed by atoms with E-state index in [9.17, 15) is 13.2 Å². The van der Waals surface area contributed by atoms with Gasteiger partial charge in [0.05, 0.1) is 22.9 Å². The summed E-state index contributed by atoms with van der Waals surface area (Å²) in [6.07, 6.45) is 1.49. The lowest BCUT2D eigenvalue weighted by Gasteiger charge is -2.19. The third kappa shape index (κ3) is 5.35. The number of benzene rings is 3. The van der Waals surface area contributed by atoms with Gasteiger partial charge in [0.25, 0.3) is 10.0 Å². The first kappa shape index (κ1) is 24.4. The molecule has 180 valence electrons. The van der Waals surface area contributed by atoms with Crippen molar-refractivity contribution in [1.29, 1.82) is 0 Å². The molecule has 0 unspecified atom stereocenters. The number of hydrogen-bond donors (Lipinski definition) is 1. The first-order valence-electron chi connectivity index (χ1n) is 11.4. The molecule has 0 amide bonds. The molecule has 0 saturated carbocycles. The Hall–Kier alpha value is -3.71. The molecular weight excluding hydrogens is 460 g/mol. The number of carbonyl (C=O) groups excluding carboxylic acids is 1. The van der Waals surface area contributed by atoms with Gasteiger partial charge in [-0.05, 0) is 60.4 Å². The number of carbonyl (C=O) groups is 1. The normalized spacial score (nSPS) is 14.9. The van der Waals surface area contributed by atoms with Crippen LogP contribution in [0.1, 0.15) is 49.2 Å². The Morgan fingerprint density at radius 2 is 1.51 bits per heavy atom. The first-order chi connectivity index (χ1) is 16.6. The molecule has 0 radical (unpaired) electrons. The molecule has 6 nitrogen and oxygen atoms in total. The summed E-state index contributed by atoms with van der Waals surface area (Å²) in [5.41, 5.74) is 2.91. The van der Waals surface area contributed by atoms with Crippen LogP contribution in [-0.2, 0) is 15.4 Å². The fraction of sp³-hybridized carbons (Fsp3) is 0.214. The second-order valence-corrected chi connectivity index (χ2v) is 10.8. The Morgan fingerprint density at radius 1 is 0.886 bits per heavy atom. The minimum atomic E-state index is -4.00. The van der Waals surface area contributed by atoms with Crippen LogP contribution in [0.3, 0.4) is 0 Å². The molecule has 3 aromatic rings. The summed E-state index contributed by atoms with van der Waals surface area (Å²) in [6, 6.07) is 20.8. The summed E-state index contributed by atoms with van der Waals surface area (Å²) in [5.74, 6) is 0.485. The van der Waals surface area contributed by atoms with Crippen molar-refractivity contribution in [3.05, 3.63) is 101 Å². The lowest BCUT2D eigenvalue weighted by atomic mass is 9.87. The van der Waals surface area contributed by atoms with Gasteiger partial charge >= 0.3 is 0 Å². The fourth-order valence-electron chi connectivity index (χ4n) is 3.76. The van der Waals surface area contributed by atoms with Gasteiger partial charge in [-0.2, -0.15) is 12.8 Å². The molecule has 0 bridgehead atoms. The maximum absolute atomic E-state index is 13.2. The Bertz CT molecular complexity index is 1410. The van der Waals surface area contributed by atoms with Gasteiger partial charge in [0.2, 0.25) is 5.78 Å². The highest BCUT2D eigenvalue weighted by Gasteiger charge is 2.26. The van der Waals surface area contributed by atoms with Crippen LogP contribution in [0, 0.1) is 0 Å². The molecule has 4 rings (SSSR count). The van der Waals surface area contributed by atoms with Crippen LogP contribution in [0.4, 0.5) is 5.69 Å². The number of Topliss-reactive ketones (excluding diaryl/α,β-unsaturated/α-hetero) is 1. The molecule has 3 aromatic carbocycles. The second kappa shape index (κ2) is 9.50. The fourth-order valence-corrected chi connectivity index (χ4v) is 4.76. The molecule has 0 atom stereocenters. The van der Waals surface area contributed by atoms with E-state index in [1.165, 1.54) is 6.08 Å². The summed E-state index contributed by atoms with van der Waals surface area (Å²) in [6.45, 7) is 8.66. The minimum Gasteiger partial charge on any atom is -0.494 e. The standard InChI is InChI=1S/C28H28N2O4S/c1-5-34-21-14-12-20(13-15-21)29-26-18-25(23-8-6-7-9-24(23)27(26)31)30-35(32,33)22-16-10-19(11-17-22)28(2,3)4/h6-18,29H,5H2,1-4H3/b30-25-. The molecule has 0 saturated heterocycles. The third-order valence-electron chi connectivity index (χ3n) is 5.65. The largest absolute Gasteiger partial charge is 0.494 e. The Kier molecular flexibility index (Phi) is 6.63. The SMILES string of the molecule is CCOc1ccc(NC2=C/C(=N/S(=O)(=O)c3ccc(C(C)(C)C)cc3)c3ccccc3C2=O)cc1. The van der Waals surface area contributed by atoms with Crippen LogP contribution in [0.5, 0.6) is 5.75 Å². The monoisotopic (exact) mass is 488 g/mol. The zero-order chi connectivity index (χ0) is 25.2. The molecular formula is C28H28N2O4S. The molecule has 7 heteroatoms. The number of fused-ring (bicyclic) bond motifs is 1. The highest BCUT2D eigenvalue weighted by atomic mass is 32.2. The van der Waals surface area contributed by atoms with Crippen molar-refractivity contribution >= 4 is 27.2 Å². The van der Waals surface area contributed by atoms with E-state index in [2.05, 4.69) is 30.5 Å². The van der Waals surface area contributed by atoms with Gasteiger partial charge in [-0.1, -0.05) is 57.2 Å². The average Bonchev–Trinajstić information content (AvgIpc) is 2.83. The molecule has 1 N–H and O–H groups in total. The van der Waals surface area contributed by atoms with E-state index in [0.29, 0.717) is 23.4 Å². The van der Waals surface area contributed by atoms with Gasteiger partial charge in [0.1, 0.15) is 5.75 Å². The zero-order valence-corrected chi connectivity index (χ0v) is 21.0. The second-order valence-electron chi connectivity index (χ2n) is 9.24. The lowest BCUT2D eigenvalue weighted by Crippen LogP contribution is -2.22. The Morgan fingerprint density at radius 3 is 2.11 bits per heavy atom. The van der Waals surface area contributed by atoms with Crippen molar-refractivity contribution in [2.24, 2.45) is 4.40 Å². The Balaban J connectivity index is 1.72. The van der Waals surface area contributed by atoms with E-state index in [0.717, 1.165) is 11.3 Å². The number of hydrogen-bond acceptors (Lipinski definition) is 5. The summed E-state index contributed by atoms with van der Waals surface area (Å²) < 4.78 is 36.0. The lowest BCUT2D eigenvalue weighted by molar-refractivity contribution is 0.103. The molecule has 0 aromatic heterocycles. The quantitative estimate of drug-likeness (QED) is 0.477. The molecule has 0 heterocycles. The van der Waals surface area contributed by atoms with Crippen molar-refractivity contribution in [1.82, 2.24) is 0 Å². The summed E-state index contributed by atoms with van der Waals surface area (Å²) in [7, 11) is -4.00. The topological polar surface area (TPSA) is 84.8 Å². The van der Waals surface area contributed by atoms with Crippen LogP contribution >= 0.6 is 0 Å². The van der Waals surface area contributed by atoms with E-state index in [-0.39, 0.29) is 27.5 Å². The molecule has 0 aliphatic heterocycles. The van der Waals surface area contributed by atoms with Crippen molar-refractivity contribution < 1.29 is 17.9 Å². The smallest absolute Gasteiger partial charge is 0.282 e. The van der Waals surface area contributed by atoms with Gasteiger partial charge in [0.15, 0.2) is 0 Å². The number of nitrogens with one attached hydrogen (secondary N) is 1. The van der Waals surface area contributed by atoms with Crippen LogP contribution in [0.25, 0.3) is 0 Å². The molecule has 0 spiro atoms. The average molecular weight is 489 g/mol. The Labute approximate surface area is 206 Å². The molecule has 1 aliphatic rings. The zero-order valence-electron chi connectivity index (χ0n) is 20.2. The number of allylic oxidation sites excluding steroid dienone is 2. The van der Waals surface area contributed by atoms with Crippen LogP contribution in [0.2, 0.25) is 0 Å². The highest BCUT2D eigenvalue weighted by molar-refractivity contribution is 7.90. The summed E-state index contributed by atoms with van der Waals surface area (Å²) in [5, 5.41) is 3.10. The van der Waals surface area contributed by atoms with E-state index >= 15 is 0 Å². The summed E-state index contributed by atoms with van der Waals surface area (Å²) in [4.78, 5) is 13.2. The van der Waals surface area contributed by atoms with E-state index in [4.69, 9.17) is 4.74 Å². The predicted molar refractivity (Wildman–Crippen MR) is 139 cm³/mol. The number of anilines is 1. The van der Waals surface area contributed by atoms with E-state index in [1.807, 2.05) is 6.92 Å². The number of ether oxygens (including phenoxy) is 1. The van der Waals surface area contributed by atoms with Gasteiger partial charge in [0, 0.05) is 16.8 Å². The maximum atomic E-state index is 13.2. The van der Waals surface area contributed by atoms with Gasteiger partial charge in [-0.25, -0.2) is 0 Å². The van der Waals surface area contributed by atoms with Gasteiger partial charge < -0.3 is 10.1 Å². The summed E-state index contributed by atoms with van der Waals surface area (Å²) >= 11 is 0. The van der Waals surface area contributed by atoms with Crippen molar-refractivity contribution in [2.45, 2.75) is 38.0 Å².